The molecule has 1 N–H and O–H groups in total. The molecule has 0 aliphatic carbocycles. The highest BCUT2D eigenvalue weighted by Crippen LogP contribution is 2.21. The van der Waals surface area contributed by atoms with Gasteiger partial charge < -0.3 is 5.32 Å². The summed E-state index contributed by atoms with van der Waals surface area (Å²) >= 11 is 0. The van der Waals surface area contributed by atoms with Gasteiger partial charge in [0.25, 0.3) is 0 Å². The van der Waals surface area contributed by atoms with Crippen molar-refractivity contribution in [2.45, 2.75) is 45.8 Å². The Hall–Kier alpha value is -1.10. The molecule has 0 amide bonds. The molecule has 1 aromatic heterocycles. The lowest BCUT2D eigenvalue weighted by atomic mass is 10.1. The van der Waals surface area contributed by atoms with Crippen LogP contribution < -0.4 is 5.32 Å². The normalized spacial score (nSPS) is 18.0. The smallest absolute Gasteiger partial charge is 0.0843 e. The van der Waals surface area contributed by atoms with E-state index in [0.29, 0.717) is 6.04 Å². The highest BCUT2D eigenvalue weighted by molar-refractivity contribution is 5.85. The molecule has 4 nitrogen and oxygen atoms in total. The summed E-state index contributed by atoms with van der Waals surface area (Å²) in [6.07, 6.45) is 2.45. The predicted octanol–water partition coefficient (Wildman–Crippen LogP) is 3.05. The highest BCUT2D eigenvalue weighted by atomic mass is 35.5. The van der Waals surface area contributed by atoms with Gasteiger partial charge in [0.2, 0.25) is 0 Å². The van der Waals surface area contributed by atoms with Crippen LogP contribution in [0.15, 0.2) is 24.3 Å². The highest BCUT2D eigenvalue weighted by Gasteiger charge is 2.23. The number of aryl methyl sites for hydroxylation is 1. The number of fused-ring (bicyclic) bond motifs is 1. The van der Waals surface area contributed by atoms with Crippen LogP contribution in [0.2, 0.25) is 0 Å². The molecule has 1 aliphatic heterocycles. The fraction of sp³-hybridized carbons (Fsp3) is 0.588. The zero-order valence-corrected chi connectivity index (χ0v) is 14.4. The third-order valence-electron chi connectivity index (χ3n) is 4.45. The van der Waals surface area contributed by atoms with Crippen LogP contribution in [-0.2, 0) is 13.1 Å². The summed E-state index contributed by atoms with van der Waals surface area (Å²) in [4.78, 5) is 2.61. The van der Waals surface area contributed by atoms with Gasteiger partial charge in [-0.1, -0.05) is 25.1 Å². The molecule has 2 aromatic rings. The van der Waals surface area contributed by atoms with Gasteiger partial charge in [-0.3, -0.25) is 9.58 Å². The van der Waals surface area contributed by atoms with E-state index in [1.165, 1.54) is 29.4 Å². The Labute approximate surface area is 139 Å². The summed E-state index contributed by atoms with van der Waals surface area (Å²) in [7, 11) is 0. The van der Waals surface area contributed by atoms with Crippen molar-refractivity contribution in [2.75, 3.05) is 19.6 Å². The van der Waals surface area contributed by atoms with Gasteiger partial charge in [0.15, 0.2) is 0 Å². The number of hydrogen-bond acceptors (Lipinski definition) is 3. The van der Waals surface area contributed by atoms with E-state index in [1.54, 1.807) is 0 Å². The largest absolute Gasteiger partial charge is 0.315 e. The topological polar surface area (TPSA) is 33.1 Å². The molecule has 1 aromatic carbocycles. The van der Waals surface area contributed by atoms with Crippen molar-refractivity contribution in [1.29, 1.82) is 0 Å². The molecule has 0 spiro atoms. The van der Waals surface area contributed by atoms with Gasteiger partial charge in [-0.15, -0.1) is 12.4 Å². The van der Waals surface area contributed by atoms with Gasteiger partial charge in [0.1, 0.15) is 0 Å². The second-order valence-corrected chi connectivity index (χ2v) is 5.90. The molecule has 122 valence electrons. The van der Waals surface area contributed by atoms with Crippen molar-refractivity contribution in [1.82, 2.24) is 20.0 Å². The van der Waals surface area contributed by atoms with Crippen molar-refractivity contribution in [3.63, 3.8) is 0 Å². The molecule has 1 unspecified atom stereocenters. The maximum atomic E-state index is 4.86. The summed E-state index contributed by atoms with van der Waals surface area (Å²) < 4.78 is 2.13. The minimum absolute atomic E-state index is 0. The lowest BCUT2D eigenvalue weighted by molar-refractivity contribution is 0.197. The Kier molecular flexibility index (Phi) is 6.24. The zero-order valence-electron chi connectivity index (χ0n) is 13.6. The predicted molar refractivity (Wildman–Crippen MR) is 94.6 cm³/mol. The molecule has 1 fully saturated rings. The van der Waals surface area contributed by atoms with E-state index in [1.807, 2.05) is 0 Å². The van der Waals surface area contributed by atoms with Gasteiger partial charge in [-0.2, -0.15) is 5.10 Å². The average molecular weight is 323 g/mol. The van der Waals surface area contributed by atoms with E-state index in [4.69, 9.17) is 5.10 Å². The first-order valence-electron chi connectivity index (χ1n) is 8.22. The van der Waals surface area contributed by atoms with Crippen LogP contribution in [-0.4, -0.2) is 40.4 Å². The number of nitrogens with zero attached hydrogens (tertiary/aromatic N) is 3. The maximum absolute atomic E-state index is 4.86. The molecule has 22 heavy (non-hydrogen) atoms. The molecule has 3 rings (SSSR count). The third-order valence-corrected chi connectivity index (χ3v) is 4.45. The van der Waals surface area contributed by atoms with Gasteiger partial charge in [-0.05, 0) is 38.9 Å². The Morgan fingerprint density at radius 2 is 2.14 bits per heavy atom. The quantitative estimate of drug-likeness (QED) is 0.887. The second-order valence-electron chi connectivity index (χ2n) is 5.90. The average Bonchev–Trinajstić information content (AvgIpc) is 3.15. The number of nitrogens with one attached hydrogen (secondary N) is 1. The van der Waals surface area contributed by atoms with Crippen molar-refractivity contribution in [2.24, 2.45) is 0 Å². The fourth-order valence-corrected chi connectivity index (χ4v) is 3.38. The van der Waals surface area contributed by atoms with E-state index in [-0.39, 0.29) is 12.4 Å². The Morgan fingerprint density at radius 3 is 2.82 bits per heavy atom. The number of hydrogen-bond donors (Lipinski definition) is 1. The summed E-state index contributed by atoms with van der Waals surface area (Å²) in [5, 5.41) is 9.65. The molecular formula is C17H27ClN4. The number of rotatable bonds is 6. The Balaban J connectivity index is 0.00000176. The molecule has 1 aliphatic rings. The molecule has 2 heterocycles. The molecular weight excluding hydrogens is 296 g/mol. The van der Waals surface area contributed by atoms with Crippen LogP contribution in [0.4, 0.5) is 0 Å². The minimum Gasteiger partial charge on any atom is -0.315 e. The van der Waals surface area contributed by atoms with Crippen molar-refractivity contribution in [3.05, 3.63) is 30.0 Å². The lowest BCUT2D eigenvalue weighted by Gasteiger charge is -2.27. The number of para-hydroxylation sites is 1. The summed E-state index contributed by atoms with van der Waals surface area (Å²) in [6, 6.07) is 9.27. The number of aromatic nitrogens is 2. The maximum Gasteiger partial charge on any atom is 0.0843 e. The zero-order chi connectivity index (χ0) is 14.7. The van der Waals surface area contributed by atoms with Gasteiger partial charge >= 0.3 is 0 Å². The molecule has 0 radical (unpaired) electrons. The van der Waals surface area contributed by atoms with Crippen LogP contribution in [0.5, 0.6) is 0 Å². The monoisotopic (exact) mass is 322 g/mol. The van der Waals surface area contributed by atoms with Gasteiger partial charge in [-0.25, -0.2) is 0 Å². The van der Waals surface area contributed by atoms with Crippen molar-refractivity contribution < 1.29 is 0 Å². The van der Waals surface area contributed by atoms with Crippen molar-refractivity contribution >= 4 is 23.3 Å². The van der Waals surface area contributed by atoms with E-state index >= 15 is 0 Å². The van der Waals surface area contributed by atoms with E-state index in [9.17, 15) is 0 Å². The minimum atomic E-state index is 0. The molecule has 0 bridgehead atoms. The second kappa shape index (κ2) is 7.95. The standard InChI is InChI=1S/C17H26N4.ClH/c1-3-11-20(14-9-10-18-12-14)13-16-15-7-5-6-8-17(15)21(4-2)19-16;/h5-8,14,18H,3-4,9-13H2,1-2H3;1H. The molecule has 5 heteroatoms. The van der Waals surface area contributed by atoms with Crippen LogP contribution in [0.1, 0.15) is 32.4 Å². The van der Waals surface area contributed by atoms with E-state index in [2.05, 4.69) is 53.0 Å². The number of benzene rings is 1. The van der Waals surface area contributed by atoms with E-state index < -0.39 is 0 Å². The van der Waals surface area contributed by atoms with Crippen molar-refractivity contribution in [3.8, 4) is 0 Å². The van der Waals surface area contributed by atoms with Crippen LogP contribution in [0.3, 0.4) is 0 Å². The first-order chi connectivity index (χ1) is 10.3. The Morgan fingerprint density at radius 1 is 1.32 bits per heavy atom. The first kappa shape index (κ1) is 17.3. The Bertz CT molecular complexity index is 589. The van der Waals surface area contributed by atoms with Crippen LogP contribution in [0, 0.1) is 0 Å². The molecule has 1 atom stereocenters. The summed E-state index contributed by atoms with van der Waals surface area (Å²) in [5.41, 5.74) is 2.49. The van der Waals surface area contributed by atoms with Gasteiger partial charge in [0.05, 0.1) is 11.2 Å². The van der Waals surface area contributed by atoms with Crippen LogP contribution >= 0.6 is 12.4 Å². The molecule has 0 saturated carbocycles. The summed E-state index contributed by atoms with van der Waals surface area (Å²) in [5.74, 6) is 0. The number of halogens is 1. The first-order valence-corrected chi connectivity index (χ1v) is 8.22. The van der Waals surface area contributed by atoms with E-state index in [0.717, 1.165) is 32.7 Å². The SMILES string of the molecule is CCCN(Cc1nn(CC)c2ccccc12)C1CCNC1.Cl. The molecule has 1 saturated heterocycles. The third kappa shape index (κ3) is 3.45. The fourth-order valence-electron chi connectivity index (χ4n) is 3.38. The summed E-state index contributed by atoms with van der Waals surface area (Å²) in [6.45, 7) is 9.74. The van der Waals surface area contributed by atoms with Crippen LogP contribution in [0.25, 0.3) is 10.9 Å². The lowest BCUT2D eigenvalue weighted by Crippen LogP contribution is -2.37. The van der Waals surface area contributed by atoms with Gasteiger partial charge in [0, 0.05) is 31.1 Å².